The van der Waals surface area contributed by atoms with Gasteiger partial charge in [-0.2, -0.15) is 0 Å². The van der Waals surface area contributed by atoms with Gasteiger partial charge >= 0.3 is 0 Å². The Labute approximate surface area is 169 Å². The first-order valence-corrected chi connectivity index (χ1v) is 11.7. The summed E-state index contributed by atoms with van der Waals surface area (Å²) in [6, 6.07) is 0.0307. The van der Waals surface area contributed by atoms with E-state index in [0.29, 0.717) is 31.8 Å². The molecule has 29 heavy (non-hydrogen) atoms. The number of hydrogen-bond donors (Lipinski definition) is 4. The fourth-order valence-corrected chi connectivity index (χ4v) is 5.24. The van der Waals surface area contributed by atoms with Crippen molar-refractivity contribution in [3.8, 4) is 0 Å². The zero-order valence-corrected chi connectivity index (χ0v) is 17.2. The largest absolute Gasteiger partial charge is 0.492 e. The molecule has 1 atom stereocenters. The first-order valence-electron chi connectivity index (χ1n) is 9.87. The predicted molar refractivity (Wildman–Crippen MR) is 107 cm³/mol. The fraction of sp³-hybridized carbons (Fsp3) is 0.706. The number of nitrogens with zero attached hydrogens (tertiary/aromatic N) is 4. The monoisotopic (exact) mass is 425 g/mol. The lowest BCUT2D eigenvalue weighted by molar-refractivity contribution is -0.117. The van der Waals surface area contributed by atoms with Gasteiger partial charge in [-0.15, -0.1) is 0 Å². The lowest BCUT2D eigenvalue weighted by Crippen LogP contribution is -2.72. The maximum absolute atomic E-state index is 12.7. The molecule has 3 aliphatic heterocycles. The van der Waals surface area contributed by atoms with Gasteiger partial charge < -0.3 is 15.3 Å². The van der Waals surface area contributed by atoms with Gasteiger partial charge in [0, 0.05) is 25.2 Å². The summed E-state index contributed by atoms with van der Waals surface area (Å²) in [7, 11) is -3.22. The summed E-state index contributed by atoms with van der Waals surface area (Å²) in [5.41, 5.74) is 6.42. The number of aliphatic hydroxyl groups excluding tert-OH is 1. The van der Waals surface area contributed by atoms with E-state index in [4.69, 9.17) is 5.73 Å². The Morgan fingerprint density at radius 1 is 1.28 bits per heavy atom. The summed E-state index contributed by atoms with van der Waals surface area (Å²) in [5.74, 6) is -1.92. The van der Waals surface area contributed by atoms with Gasteiger partial charge in [0.25, 0.3) is 5.91 Å². The van der Waals surface area contributed by atoms with E-state index in [0.717, 1.165) is 25.7 Å². The van der Waals surface area contributed by atoms with Crippen molar-refractivity contribution in [2.24, 2.45) is 15.7 Å². The van der Waals surface area contributed by atoms with E-state index in [1.807, 2.05) is 0 Å². The van der Waals surface area contributed by atoms with E-state index in [2.05, 4.69) is 20.6 Å². The quantitative estimate of drug-likeness (QED) is 0.428. The van der Waals surface area contributed by atoms with E-state index >= 15 is 0 Å². The Balaban J connectivity index is 1.54. The molecule has 1 saturated heterocycles. The highest BCUT2D eigenvalue weighted by Crippen LogP contribution is 2.28. The Morgan fingerprint density at radius 2 is 1.93 bits per heavy atom. The number of nitrogens with one attached hydrogen (secondary N) is 2. The number of nitrogens with two attached hydrogens (primary N) is 1. The van der Waals surface area contributed by atoms with Crippen LogP contribution in [0, 0.1) is 0 Å². The van der Waals surface area contributed by atoms with Crippen molar-refractivity contribution in [2.45, 2.75) is 56.5 Å². The van der Waals surface area contributed by atoms with Crippen molar-refractivity contribution in [3.63, 3.8) is 0 Å². The molecule has 4 rings (SSSR count). The number of rotatable bonds is 4. The molecule has 5 N–H and O–H groups in total. The van der Waals surface area contributed by atoms with Crippen LogP contribution in [0.4, 0.5) is 0 Å². The summed E-state index contributed by atoms with van der Waals surface area (Å²) in [6.07, 6.45) is 7.84. The lowest BCUT2D eigenvalue weighted by Gasteiger charge is -2.41. The van der Waals surface area contributed by atoms with E-state index in [9.17, 15) is 18.3 Å². The van der Waals surface area contributed by atoms with Crippen LogP contribution < -0.4 is 16.4 Å². The smallest absolute Gasteiger partial charge is 0.277 e. The second-order valence-corrected chi connectivity index (χ2v) is 10.0. The number of amidine groups is 1. The molecule has 0 aromatic rings. The van der Waals surface area contributed by atoms with E-state index in [1.165, 1.54) is 16.8 Å². The molecule has 0 aromatic carbocycles. The minimum absolute atomic E-state index is 0.0478. The second-order valence-electron chi connectivity index (χ2n) is 8.03. The van der Waals surface area contributed by atoms with E-state index in [1.54, 1.807) is 4.90 Å². The van der Waals surface area contributed by atoms with Crippen LogP contribution in [0.25, 0.3) is 0 Å². The maximum Gasteiger partial charge on any atom is 0.277 e. The van der Waals surface area contributed by atoms with Crippen LogP contribution in [0.2, 0.25) is 0 Å². The van der Waals surface area contributed by atoms with Crippen LogP contribution in [-0.2, 0) is 14.8 Å². The van der Waals surface area contributed by atoms with Crippen molar-refractivity contribution in [2.75, 3.05) is 19.3 Å². The Kier molecular flexibility index (Phi) is 5.13. The molecule has 1 saturated carbocycles. The van der Waals surface area contributed by atoms with Gasteiger partial charge in [-0.05, 0) is 25.7 Å². The average molecular weight is 426 g/mol. The summed E-state index contributed by atoms with van der Waals surface area (Å²) in [6.45, 7) is 0.767. The zero-order valence-electron chi connectivity index (χ0n) is 16.3. The van der Waals surface area contributed by atoms with E-state index < -0.39 is 21.8 Å². The average Bonchev–Trinajstić information content (AvgIpc) is 3.16. The standard InChI is InChI=1S/C17H27N7O4S/c1-29(27,28)23-8-6-11(7-9-23)20-17(18)21-15-14(16(26)22-17)19-13(25)10-24(15)12-4-2-3-5-12/h10-12,20,25H,2-9,18H2,1H3,(H,22,26). The minimum atomic E-state index is -3.22. The molecule has 0 aromatic heterocycles. The number of piperidine rings is 1. The van der Waals surface area contributed by atoms with Gasteiger partial charge in [-0.1, -0.05) is 12.8 Å². The van der Waals surface area contributed by atoms with Crippen LogP contribution in [0.3, 0.4) is 0 Å². The summed E-state index contributed by atoms with van der Waals surface area (Å²) in [5, 5.41) is 15.8. The van der Waals surface area contributed by atoms with Crippen molar-refractivity contribution >= 4 is 27.5 Å². The van der Waals surface area contributed by atoms with Crippen molar-refractivity contribution in [1.29, 1.82) is 0 Å². The zero-order chi connectivity index (χ0) is 20.8. The van der Waals surface area contributed by atoms with E-state index in [-0.39, 0.29) is 23.7 Å². The highest BCUT2D eigenvalue weighted by atomic mass is 32.2. The number of sulfonamides is 1. The minimum Gasteiger partial charge on any atom is -0.492 e. The van der Waals surface area contributed by atoms with Gasteiger partial charge in [0.05, 0.1) is 12.5 Å². The number of aliphatic hydroxyl groups is 1. The molecule has 1 aliphatic carbocycles. The molecular formula is C17H27N7O4S. The summed E-state index contributed by atoms with van der Waals surface area (Å²) >= 11 is 0. The number of aliphatic imine (C=N–C) groups is 2. The number of carbonyl (C=O) groups excluding carboxylic acids is 1. The normalized spacial score (nSPS) is 29.8. The number of hydrogen-bond acceptors (Lipinski definition) is 9. The van der Waals surface area contributed by atoms with Crippen LogP contribution in [0.5, 0.6) is 0 Å². The second kappa shape index (κ2) is 7.35. The Morgan fingerprint density at radius 3 is 2.55 bits per heavy atom. The molecule has 3 heterocycles. The van der Waals surface area contributed by atoms with Crippen molar-refractivity contribution in [1.82, 2.24) is 19.8 Å². The van der Waals surface area contributed by atoms with Crippen LogP contribution >= 0.6 is 0 Å². The molecule has 0 spiro atoms. The fourth-order valence-electron chi connectivity index (χ4n) is 4.36. The first-order chi connectivity index (χ1) is 13.6. The molecule has 0 radical (unpaired) electrons. The van der Waals surface area contributed by atoms with Gasteiger partial charge in [-0.3, -0.25) is 15.8 Å². The first kappa shape index (κ1) is 20.3. The topological polar surface area (TPSA) is 153 Å². The molecular weight excluding hydrogens is 398 g/mol. The van der Waals surface area contributed by atoms with Gasteiger partial charge in [-0.25, -0.2) is 22.7 Å². The molecule has 160 valence electrons. The molecule has 1 amide bonds. The third kappa shape index (κ3) is 4.15. The molecule has 11 nitrogen and oxygen atoms in total. The molecule has 2 fully saturated rings. The molecule has 0 bridgehead atoms. The van der Waals surface area contributed by atoms with Crippen LogP contribution in [-0.4, -0.2) is 77.5 Å². The van der Waals surface area contributed by atoms with Crippen LogP contribution in [0.15, 0.2) is 22.1 Å². The summed E-state index contributed by atoms with van der Waals surface area (Å²) in [4.78, 5) is 23.0. The van der Waals surface area contributed by atoms with Gasteiger partial charge in [0.1, 0.15) is 0 Å². The number of carbonyl (C=O) groups is 1. The highest BCUT2D eigenvalue weighted by molar-refractivity contribution is 7.88. The predicted octanol–water partition coefficient (Wildman–Crippen LogP) is -0.846. The number of fused-ring (bicyclic) bond motifs is 1. The summed E-state index contributed by atoms with van der Waals surface area (Å²) < 4.78 is 24.8. The molecule has 1 unspecified atom stereocenters. The Hall–Kier alpha value is -2.02. The third-order valence-corrected chi connectivity index (χ3v) is 7.11. The highest BCUT2D eigenvalue weighted by Gasteiger charge is 2.43. The Bertz CT molecular complexity index is 885. The lowest BCUT2D eigenvalue weighted by atomic mass is 10.1. The van der Waals surface area contributed by atoms with Crippen LogP contribution in [0.1, 0.15) is 38.5 Å². The van der Waals surface area contributed by atoms with Crippen molar-refractivity contribution < 1.29 is 18.3 Å². The number of amides is 1. The van der Waals surface area contributed by atoms with Crippen molar-refractivity contribution in [3.05, 3.63) is 12.1 Å². The third-order valence-electron chi connectivity index (χ3n) is 5.80. The van der Waals surface area contributed by atoms with Gasteiger partial charge in [0.15, 0.2) is 11.5 Å². The maximum atomic E-state index is 12.7. The molecule has 4 aliphatic rings. The SMILES string of the molecule is CS(=O)(=O)N1CCC(NC2(N)N=C3C(=NC(O)=CN3C3CCCC3)C(=O)N2)CC1. The molecule has 12 heteroatoms. The van der Waals surface area contributed by atoms with Gasteiger partial charge in [0.2, 0.25) is 21.8 Å².